The fourth-order valence-electron chi connectivity index (χ4n) is 4.38. The van der Waals surface area contributed by atoms with Gasteiger partial charge in [-0.25, -0.2) is 13.2 Å². The van der Waals surface area contributed by atoms with Gasteiger partial charge >= 0.3 is 6.03 Å². The second-order valence-electron chi connectivity index (χ2n) is 8.29. The Bertz CT molecular complexity index is 952. The summed E-state index contributed by atoms with van der Waals surface area (Å²) in [4.78, 5) is 28.0. The maximum Gasteiger partial charge on any atom is 0.324 e. The number of carbonyl (C=O) groups excluding carboxylic acids is 2. The highest BCUT2D eigenvalue weighted by Crippen LogP contribution is 2.32. The molecule has 9 heteroatoms. The van der Waals surface area contributed by atoms with Gasteiger partial charge in [0, 0.05) is 39.3 Å². The Morgan fingerprint density at radius 1 is 0.867 bits per heavy atom. The lowest BCUT2D eigenvalue weighted by Gasteiger charge is -2.38. The molecule has 8 nitrogen and oxygen atoms in total. The third-order valence-electron chi connectivity index (χ3n) is 6.83. The van der Waals surface area contributed by atoms with E-state index in [0.29, 0.717) is 44.2 Å². The Morgan fingerprint density at radius 3 is 1.83 bits per heavy atom. The molecule has 1 N–H and O–H groups in total. The van der Waals surface area contributed by atoms with Crippen LogP contribution >= 0.6 is 0 Å². The number of rotatable bonds is 4. The minimum atomic E-state index is -3.63. The van der Waals surface area contributed by atoms with Crippen molar-refractivity contribution in [2.45, 2.75) is 52.5 Å². The molecule has 2 aliphatic heterocycles. The molecule has 3 rings (SSSR count). The average molecular weight is 437 g/mol. The number of nitrogens with zero attached hydrogens (tertiary/aromatic N) is 3. The van der Waals surface area contributed by atoms with Crippen LogP contribution in [0.5, 0.6) is 0 Å². The van der Waals surface area contributed by atoms with Gasteiger partial charge in [0.1, 0.15) is 0 Å². The van der Waals surface area contributed by atoms with Gasteiger partial charge < -0.3 is 5.32 Å². The molecule has 30 heavy (non-hydrogen) atoms. The predicted molar refractivity (Wildman–Crippen MR) is 115 cm³/mol. The van der Waals surface area contributed by atoms with E-state index < -0.39 is 16.1 Å². The number of piperazine rings is 1. The molecule has 1 aromatic carbocycles. The summed E-state index contributed by atoms with van der Waals surface area (Å²) in [6.07, 6.45) is 0. The van der Waals surface area contributed by atoms with E-state index in [-0.39, 0.29) is 11.9 Å². The summed E-state index contributed by atoms with van der Waals surface area (Å²) in [6, 6.07) is -0.824. The van der Waals surface area contributed by atoms with Crippen molar-refractivity contribution in [3.05, 3.63) is 27.8 Å². The van der Waals surface area contributed by atoms with Crippen molar-refractivity contribution in [3.63, 3.8) is 0 Å². The van der Waals surface area contributed by atoms with Gasteiger partial charge in [-0.1, -0.05) is 0 Å². The average Bonchev–Trinajstić information content (AvgIpc) is 3.15. The molecule has 1 atom stereocenters. The summed E-state index contributed by atoms with van der Waals surface area (Å²) >= 11 is 0. The zero-order valence-corrected chi connectivity index (χ0v) is 19.5. The van der Waals surface area contributed by atoms with E-state index in [1.165, 1.54) is 9.21 Å². The number of sulfonamides is 1. The predicted octanol–water partition coefficient (Wildman–Crippen LogP) is 1.48. The fourth-order valence-corrected chi connectivity index (χ4v) is 6.36. The summed E-state index contributed by atoms with van der Waals surface area (Å²) in [5.74, 6) is -0.238. The maximum absolute atomic E-state index is 13.5. The van der Waals surface area contributed by atoms with Crippen molar-refractivity contribution >= 4 is 22.0 Å². The standard InChI is InChI=1S/C21H32N4O4S/c1-13-14(2)16(4)19(17(5)15(13)3)30(28,29)24-11-9-23(10-12-24)18(6)20(26)25-8-7-22-21(25)27/h18H,7-12H2,1-6H3,(H,22,27)/t18-/m1/s1. The zero-order valence-electron chi connectivity index (χ0n) is 18.7. The van der Waals surface area contributed by atoms with Crippen LogP contribution in [0.3, 0.4) is 0 Å². The molecule has 0 spiro atoms. The fraction of sp³-hybridized carbons (Fsp3) is 0.619. The van der Waals surface area contributed by atoms with Crippen LogP contribution in [0.15, 0.2) is 4.90 Å². The van der Waals surface area contributed by atoms with Crippen LogP contribution in [-0.2, 0) is 14.8 Å². The monoisotopic (exact) mass is 436 g/mol. The van der Waals surface area contributed by atoms with Crippen molar-refractivity contribution in [2.24, 2.45) is 0 Å². The Balaban J connectivity index is 1.76. The molecule has 2 fully saturated rings. The van der Waals surface area contributed by atoms with Crippen molar-refractivity contribution in [2.75, 3.05) is 39.3 Å². The van der Waals surface area contributed by atoms with Gasteiger partial charge in [0.05, 0.1) is 10.9 Å². The van der Waals surface area contributed by atoms with E-state index in [2.05, 4.69) is 5.32 Å². The number of hydrogen-bond acceptors (Lipinski definition) is 5. The first-order chi connectivity index (χ1) is 14.0. The van der Waals surface area contributed by atoms with Crippen LogP contribution in [0.4, 0.5) is 4.79 Å². The number of hydrogen-bond donors (Lipinski definition) is 1. The Labute approximate surface area is 179 Å². The third kappa shape index (κ3) is 3.74. The normalized spacial score (nSPS) is 19.8. The molecule has 1 aromatic rings. The lowest BCUT2D eigenvalue weighted by Crippen LogP contribution is -2.55. The van der Waals surface area contributed by atoms with E-state index in [9.17, 15) is 18.0 Å². The molecule has 2 heterocycles. The van der Waals surface area contributed by atoms with Gasteiger partial charge in [-0.2, -0.15) is 4.31 Å². The second kappa shape index (κ2) is 8.28. The highest BCUT2D eigenvalue weighted by Gasteiger charge is 2.37. The molecule has 0 saturated carbocycles. The van der Waals surface area contributed by atoms with Crippen LogP contribution in [0.25, 0.3) is 0 Å². The highest BCUT2D eigenvalue weighted by atomic mass is 32.2. The molecule has 0 aromatic heterocycles. The topological polar surface area (TPSA) is 90.0 Å². The minimum Gasteiger partial charge on any atom is -0.336 e. The van der Waals surface area contributed by atoms with Crippen LogP contribution < -0.4 is 5.32 Å². The molecule has 0 aliphatic carbocycles. The lowest BCUT2D eigenvalue weighted by molar-refractivity contribution is -0.133. The van der Waals surface area contributed by atoms with Crippen molar-refractivity contribution in [3.8, 4) is 0 Å². The molecular formula is C21H32N4O4S. The molecule has 2 aliphatic rings. The number of carbonyl (C=O) groups is 2. The smallest absolute Gasteiger partial charge is 0.324 e. The molecule has 3 amide bonds. The van der Waals surface area contributed by atoms with Crippen molar-refractivity contribution in [1.82, 2.24) is 19.4 Å². The number of benzene rings is 1. The summed E-state index contributed by atoms with van der Waals surface area (Å²) in [5, 5.41) is 2.64. The largest absolute Gasteiger partial charge is 0.336 e. The Kier molecular flexibility index (Phi) is 6.27. The quantitative estimate of drug-likeness (QED) is 0.772. The third-order valence-corrected chi connectivity index (χ3v) is 9.00. The first-order valence-corrected chi connectivity index (χ1v) is 11.8. The van der Waals surface area contributed by atoms with E-state index in [4.69, 9.17) is 0 Å². The number of urea groups is 1. The summed E-state index contributed by atoms with van der Waals surface area (Å²) < 4.78 is 28.5. The number of nitrogens with one attached hydrogen (secondary N) is 1. The number of imide groups is 1. The van der Waals surface area contributed by atoms with Gasteiger partial charge in [-0.3, -0.25) is 14.6 Å². The molecule has 0 bridgehead atoms. The summed E-state index contributed by atoms with van der Waals surface area (Å²) in [5.41, 5.74) is 4.77. The van der Waals surface area contributed by atoms with Crippen molar-refractivity contribution < 1.29 is 18.0 Å². The number of amides is 3. The summed E-state index contributed by atoms with van der Waals surface area (Å²) in [6.45, 7) is 13.9. The van der Waals surface area contributed by atoms with Crippen LogP contribution in [-0.4, -0.2) is 79.8 Å². The van der Waals surface area contributed by atoms with E-state index in [1.807, 2.05) is 39.5 Å². The lowest BCUT2D eigenvalue weighted by atomic mass is 9.95. The van der Waals surface area contributed by atoms with Crippen molar-refractivity contribution in [1.29, 1.82) is 0 Å². The van der Waals surface area contributed by atoms with Gasteiger partial charge in [0.15, 0.2) is 0 Å². The van der Waals surface area contributed by atoms with Gasteiger partial charge in [0.25, 0.3) is 0 Å². The van der Waals surface area contributed by atoms with Crippen LogP contribution in [0.2, 0.25) is 0 Å². The zero-order chi connectivity index (χ0) is 22.4. The summed E-state index contributed by atoms with van der Waals surface area (Å²) in [7, 11) is -3.63. The van der Waals surface area contributed by atoms with Gasteiger partial charge in [-0.05, 0) is 69.4 Å². The Morgan fingerprint density at radius 2 is 1.37 bits per heavy atom. The van der Waals surface area contributed by atoms with Crippen LogP contribution in [0, 0.1) is 34.6 Å². The first-order valence-electron chi connectivity index (χ1n) is 10.4. The molecular weight excluding hydrogens is 404 g/mol. The Hall–Kier alpha value is -1.97. The molecule has 0 radical (unpaired) electrons. The van der Waals surface area contributed by atoms with Crippen LogP contribution in [0.1, 0.15) is 34.7 Å². The highest BCUT2D eigenvalue weighted by molar-refractivity contribution is 7.89. The van der Waals surface area contributed by atoms with E-state index in [0.717, 1.165) is 27.8 Å². The molecule has 166 valence electrons. The van der Waals surface area contributed by atoms with Gasteiger partial charge in [-0.15, -0.1) is 0 Å². The van der Waals surface area contributed by atoms with Gasteiger partial charge in [0.2, 0.25) is 15.9 Å². The maximum atomic E-state index is 13.5. The van der Waals surface area contributed by atoms with E-state index in [1.54, 1.807) is 6.92 Å². The SMILES string of the molecule is Cc1c(C)c(C)c(S(=O)(=O)N2CCN([C@H](C)C(=O)N3CCNC3=O)CC2)c(C)c1C. The minimum absolute atomic E-state index is 0.238. The molecule has 0 unspecified atom stereocenters. The van der Waals surface area contributed by atoms with E-state index >= 15 is 0 Å². The first kappa shape index (κ1) is 22.7. The second-order valence-corrected chi connectivity index (χ2v) is 10.2. The molecule has 2 saturated heterocycles.